The largest absolute Gasteiger partial charge is 0.493 e. The molecule has 0 radical (unpaired) electrons. The molecule has 1 aromatic heterocycles. The number of sulfonamides is 1. The van der Waals surface area contributed by atoms with Crippen molar-refractivity contribution in [2.24, 2.45) is 0 Å². The second-order valence-corrected chi connectivity index (χ2v) is 7.82. The molecule has 2 aromatic rings. The first kappa shape index (κ1) is 14.5. The number of rotatable bonds is 4. The number of thiophene rings is 1. The maximum atomic E-state index is 12.1. The Balaban J connectivity index is 1.83. The van der Waals surface area contributed by atoms with E-state index in [-0.39, 0.29) is 10.8 Å². The van der Waals surface area contributed by atoms with Gasteiger partial charge in [-0.15, -0.1) is 11.3 Å². The lowest BCUT2D eigenvalue weighted by Crippen LogP contribution is -2.43. The van der Waals surface area contributed by atoms with Crippen LogP contribution in [0.3, 0.4) is 0 Å². The Kier molecular flexibility index (Phi) is 3.75. The number of ether oxygens (including phenoxy) is 1. The van der Waals surface area contributed by atoms with Gasteiger partial charge >= 0.3 is 0 Å². The summed E-state index contributed by atoms with van der Waals surface area (Å²) in [7, 11) is -3.59. The van der Waals surface area contributed by atoms with E-state index >= 15 is 0 Å². The van der Waals surface area contributed by atoms with Crippen LogP contribution in [0, 0.1) is 0 Å². The van der Waals surface area contributed by atoms with E-state index in [0.29, 0.717) is 24.3 Å². The SMILES string of the molecule is O=S(=O)(NC[C@@]1(O)CCOc2ccccc21)c1cccs1. The molecule has 1 aliphatic rings. The van der Waals surface area contributed by atoms with Crippen molar-refractivity contribution in [3.05, 3.63) is 47.3 Å². The van der Waals surface area contributed by atoms with Crippen LogP contribution >= 0.6 is 11.3 Å². The Bertz CT molecular complexity index is 727. The highest BCUT2D eigenvalue weighted by molar-refractivity contribution is 7.91. The number of benzene rings is 1. The van der Waals surface area contributed by atoms with Gasteiger partial charge in [0.05, 0.1) is 6.61 Å². The Morgan fingerprint density at radius 3 is 2.86 bits per heavy atom. The quantitative estimate of drug-likeness (QED) is 0.897. The van der Waals surface area contributed by atoms with Crippen molar-refractivity contribution in [2.45, 2.75) is 16.2 Å². The average molecular weight is 325 g/mol. The van der Waals surface area contributed by atoms with Gasteiger partial charge in [0.25, 0.3) is 0 Å². The summed E-state index contributed by atoms with van der Waals surface area (Å²) < 4.78 is 32.5. The van der Waals surface area contributed by atoms with Gasteiger partial charge in [0.2, 0.25) is 10.0 Å². The van der Waals surface area contributed by atoms with Gasteiger partial charge in [0.1, 0.15) is 15.6 Å². The van der Waals surface area contributed by atoms with Gasteiger partial charge in [-0.1, -0.05) is 24.3 Å². The smallest absolute Gasteiger partial charge is 0.250 e. The molecule has 0 unspecified atom stereocenters. The minimum Gasteiger partial charge on any atom is -0.493 e. The zero-order chi connectivity index (χ0) is 14.9. The monoisotopic (exact) mass is 325 g/mol. The van der Waals surface area contributed by atoms with Crippen molar-refractivity contribution in [3.63, 3.8) is 0 Å². The lowest BCUT2D eigenvalue weighted by atomic mass is 9.88. The molecule has 0 bridgehead atoms. The van der Waals surface area contributed by atoms with Crippen LogP contribution in [0.4, 0.5) is 0 Å². The number of fused-ring (bicyclic) bond motifs is 1. The minimum absolute atomic E-state index is 0.0758. The van der Waals surface area contributed by atoms with E-state index in [1.807, 2.05) is 6.07 Å². The van der Waals surface area contributed by atoms with E-state index in [9.17, 15) is 13.5 Å². The Morgan fingerprint density at radius 2 is 2.10 bits per heavy atom. The summed E-state index contributed by atoms with van der Waals surface area (Å²) >= 11 is 1.14. The van der Waals surface area contributed by atoms with E-state index in [4.69, 9.17) is 4.74 Å². The van der Waals surface area contributed by atoms with E-state index in [0.717, 1.165) is 11.3 Å². The fourth-order valence-corrected chi connectivity index (χ4v) is 4.45. The molecule has 0 amide bonds. The van der Waals surface area contributed by atoms with Crippen LogP contribution in [0.2, 0.25) is 0 Å². The van der Waals surface area contributed by atoms with Crippen molar-refractivity contribution in [2.75, 3.05) is 13.2 Å². The Hall–Kier alpha value is -1.41. The molecule has 0 fully saturated rings. The average Bonchev–Trinajstić information content (AvgIpc) is 3.01. The van der Waals surface area contributed by atoms with Crippen LogP contribution in [0.25, 0.3) is 0 Å². The van der Waals surface area contributed by atoms with Gasteiger partial charge < -0.3 is 9.84 Å². The molecular weight excluding hydrogens is 310 g/mol. The topological polar surface area (TPSA) is 75.6 Å². The summed E-state index contributed by atoms with van der Waals surface area (Å²) in [4.78, 5) is 0. The van der Waals surface area contributed by atoms with Crippen LogP contribution in [-0.2, 0) is 15.6 Å². The third-order valence-electron chi connectivity index (χ3n) is 3.48. The summed E-state index contributed by atoms with van der Waals surface area (Å²) in [5.74, 6) is 0.599. The Labute approximate surface area is 127 Å². The predicted molar refractivity (Wildman–Crippen MR) is 80.0 cm³/mol. The molecule has 0 aliphatic carbocycles. The number of para-hydroxylation sites is 1. The highest BCUT2D eigenvalue weighted by atomic mass is 32.2. The second kappa shape index (κ2) is 5.42. The van der Waals surface area contributed by atoms with Gasteiger partial charge in [-0.2, -0.15) is 0 Å². The molecule has 3 rings (SSSR count). The minimum atomic E-state index is -3.59. The third-order valence-corrected chi connectivity index (χ3v) is 6.27. The van der Waals surface area contributed by atoms with Gasteiger partial charge in [0, 0.05) is 18.5 Å². The molecule has 0 spiro atoms. The third kappa shape index (κ3) is 2.82. The first-order valence-electron chi connectivity index (χ1n) is 6.49. The number of hydrogen-bond acceptors (Lipinski definition) is 5. The summed E-state index contributed by atoms with van der Waals surface area (Å²) in [6.45, 7) is 0.280. The fraction of sp³-hybridized carbons (Fsp3) is 0.286. The molecule has 7 heteroatoms. The van der Waals surface area contributed by atoms with E-state index in [1.165, 1.54) is 6.07 Å². The summed E-state index contributed by atoms with van der Waals surface area (Å²) in [6, 6.07) is 10.4. The van der Waals surface area contributed by atoms with E-state index in [1.54, 1.807) is 29.6 Å². The lowest BCUT2D eigenvalue weighted by Gasteiger charge is -2.34. The van der Waals surface area contributed by atoms with E-state index in [2.05, 4.69) is 4.72 Å². The van der Waals surface area contributed by atoms with Crippen molar-refractivity contribution in [3.8, 4) is 5.75 Å². The highest BCUT2D eigenvalue weighted by Gasteiger charge is 2.36. The Morgan fingerprint density at radius 1 is 1.29 bits per heavy atom. The lowest BCUT2D eigenvalue weighted by molar-refractivity contribution is 0.00220. The van der Waals surface area contributed by atoms with Crippen LogP contribution in [0.15, 0.2) is 46.0 Å². The van der Waals surface area contributed by atoms with Gasteiger partial charge in [-0.05, 0) is 17.5 Å². The van der Waals surface area contributed by atoms with Crippen LogP contribution in [0.5, 0.6) is 5.75 Å². The zero-order valence-corrected chi connectivity index (χ0v) is 12.8. The molecule has 2 N–H and O–H groups in total. The second-order valence-electron chi connectivity index (χ2n) is 4.88. The van der Waals surface area contributed by atoms with Crippen LogP contribution in [-0.4, -0.2) is 26.7 Å². The predicted octanol–water partition coefficient (Wildman–Crippen LogP) is 1.70. The molecule has 1 aromatic carbocycles. The summed E-state index contributed by atoms with van der Waals surface area (Å²) in [5, 5.41) is 12.5. The van der Waals surface area contributed by atoms with Crippen LogP contribution in [0.1, 0.15) is 12.0 Å². The summed E-state index contributed by atoms with van der Waals surface area (Å²) in [5.41, 5.74) is -0.635. The molecule has 112 valence electrons. The van der Waals surface area contributed by atoms with Crippen molar-refractivity contribution in [1.82, 2.24) is 4.72 Å². The molecule has 2 heterocycles. The van der Waals surface area contributed by atoms with Gasteiger partial charge in [-0.25, -0.2) is 13.1 Å². The number of hydrogen-bond donors (Lipinski definition) is 2. The molecule has 21 heavy (non-hydrogen) atoms. The van der Waals surface area contributed by atoms with Gasteiger partial charge in [0.15, 0.2) is 0 Å². The molecule has 0 saturated heterocycles. The molecule has 1 aliphatic heterocycles. The number of aliphatic hydroxyl groups is 1. The van der Waals surface area contributed by atoms with Gasteiger partial charge in [-0.3, -0.25) is 0 Å². The van der Waals surface area contributed by atoms with E-state index < -0.39 is 15.6 Å². The molecule has 0 saturated carbocycles. The van der Waals surface area contributed by atoms with Crippen LogP contribution < -0.4 is 9.46 Å². The fourth-order valence-electron chi connectivity index (χ4n) is 2.33. The normalized spacial score (nSPS) is 21.6. The molecule has 5 nitrogen and oxygen atoms in total. The summed E-state index contributed by atoms with van der Waals surface area (Å²) in [6.07, 6.45) is 0.344. The standard InChI is InChI=1S/C14H15NO4S2/c16-14(7-8-19-12-5-2-1-4-11(12)14)10-15-21(17,18)13-6-3-9-20-13/h1-6,9,15-16H,7-8,10H2/t14-/m0/s1. The first-order valence-corrected chi connectivity index (χ1v) is 8.85. The maximum Gasteiger partial charge on any atom is 0.250 e. The first-order chi connectivity index (χ1) is 10.0. The van der Waals surface area contributed by atoms with Crippen molar-refractivity contribution >= 4 is 21.4 Å². The maximum absolute atomic E-state index is 12.1. The molecular formula is C14H15NO4S2. The number of nitrogens with one attached hydrogen (secondary N) is 1. The van der Waals surface area contributed by atoms with Crippen molar-refractivity contribution in [1.29, 1.82) is 0 Å². The zero-order valence-electron chi connectivity index (χ0n) is 11.2. The molecule has 1 atom stereocenters. The van der Waals surface area contributed by atoms with Crippen molar-refractivity contribution < 1.29 is 18.3 Å². The highest BCUT2D eigenvalue weighted by Crippen LogP contribution is 2.36.